The third-order valence-corrected chi connectivity index (χ3v) is 2.73. The Bertz CT molecular complexity index is 230. The molecule has 0 radical (unpaired) electrons. The van der Waals surface area contributed by atoms with Gasteiger partial charge in [0.25, 0.3) is 0 Å². The van der Waals surface area contributed by atoms with E-state index in [1.165, 1.54) is 11.1 Å². The van der Waals surface area contributed by atoms with Gasteiger partial charge < -0.3 is 4.74 Å². The van der Waals surface area contributed by atoms with E-state index in [4.69, 9.17) is 4.74 Å². The van der Waals surface area contributed by atoms with Crippen molar-refractivity contribution in [3.63, 3.8) is 0 Å². The average Bonchev–Trinajstić information content (AvgIpc) is 2.06. The largest absolute Gasteiger partial charge is 0.363 e. The maximum atomic E-state index is 5.45. The van der Waals surface area contributed by atoms with Crippen LogP contribution in [0.1, 0.15) is 22.2 Å². The van der Waals surface area contributed by atoms with Crippen LogP contribution in [0.25, 0.3) is 0 Å². The van der Waals surface area contributed by atoms with Crippen molar-refractivity contribution < 1.29 is 4.74 Å². The lowest BCUT2D eigenvalue weighted by molar-refractivity contribution is 0.137. The summed E-state index contributed by atoms with van der Waals surface area (Å²) >= 11 is 2.30. The normalized spacial score (nSPS) is 12.9. The average molecular weight is 276 g/mol. The molecule has 1 rings (SSSR count). The van der Waals surface area contributed by atoms with Gasteiger partial charge in [0.2, 0.25) is 0 Å². The molecule has 0 aliphatic rings. The number of benzene rings is 1. The first-order valence-corrected chi connectivity index (χ1v) is 5.31. The van der Waals surface area contributed by atoms with E-state index in [-0.39, 0.29) is 4.11 Å². The van der Waals surface area contributed by atoms with E-state index in [1.54, 1.807) is 0 Å². The Labute approximate surface area is 87.3 Å². The molecule has 66 valence electrons. The summed E-state index contributed by atoms with van der Waals surface area (Å²) in [5.41, 5.74) is 2.53. The van der Waals surface area contributed by atoms with Crippen molar-refractivity contribution >= 4 is 22.6 Å². The zero-order valence-corrected chi connectivity index (χ0v) is 9.54. The molecule has 1 aromatic rings. The molecule has 12 heavy (non-hydrogen) atoms. The van der Waals surface area contributed by atoms with Crippen molar-refractivity contribution in [1.29, 1.82) is 0 Å². The zero-order valence-electron chi connectivity index (χ0n) is 7.38. The van der Waals surface area contributed by atoms with E-state index in [0.29, 0.717) is 0 Å². The van der Waals surface area contributed by atoms with Crippen LogP contribution >= 0.6 is 22.6 Å². The molecule has 0 bridgehead atoms. The predicted molar refractivity (Wildman–Crippen MR) is 59.6 cm³/mol. The fourth-order valence-electron chi connectivity index (χ4n) is 0.960. The molecule has 1 aromatic carbocycles. The van der Waals surface area contributed by atoms with Crippen LogP contribution in [-0.2, 0) is 4.74 Å². The molecule has 0 fully saturated rings. The number of ether oxygens (including phenoxy) is 1. The molecule has 0 spiro atoms. The molecule has 1 atom stereocenters. The van der Waals surface area contributed by atoms with E-state index in [0.717, 1.165) is 6.61 Å². The molecule has 0 aromatic heterocycles. The minimum absolute atomic E-state index is 0.188. The van der Waals surface area contributed by atoms with Crippen LogP contribution in [0.2, 0.25) is 0 Å². The highest BCUT2D eigenvalue weighted by Gasteiger charge is 2.04. The van der Waals surface area contributed by atoms with Gasteiger partial charge in [-0.25, -0.2) is 0 Å². The molecular weight excluding hydrogens is 263 g/mol. The first-order valence-electron chi connectivity index (χ1n) is 4.06. The van der Waals surface area contributed by atoms with Crippen molar-refractivity contribution in [1.82, 2.24) is 0 Å². The molecule has 0 saturated carbocycles. The number of aryl methyl sites for hydroxylation is 1. The summed E-state index contributed by atoms with van der Waals surface area (Å²) in [4.78, 5) is 0. The van der Waals surface area contributed by atoms with Crippen molar-refractivity contribution in [3.8, 4) is 0 Å². The zero-order chi connectivity index (χ0) is 8.97. The number of hydrogen-bond acceptors (Lipinski definition) is 1. The van der Waals surface area contributed by atoms with Crippen molar-refractivity contribution in [2.45, 2.75) is 18.0 Å². The Morgan fingerprint density at radius 1 is 1.33 bits per heavy atom. The Hall–Kier alpha value is -0.0900. The summed E-state index contributed by atoms with van der Waals surface area (Å²) in [5.74, 6) is 0. The Morgan fingerprint density at radius 2 is 1.92 bits per heavy atom. The predicted octanol–water partition coefficient (Wildman–Crippen LogP) is 3.47. The van der Waals surface area contributed by atoms with Gasteiger partial charge in [0.1, 0.15) is 4.11 Å². The van der Waals surface area contributed by atoms with Gasteiger partial charge in [0.05, 0.1) is 0 Å². The summed E-state index contributed by atoms with van der Waals surface area (Å²) < 4.78 is 5.64. The number of alkyl halides is 1. The molecule has 1 unspecified atom stereocenters. The van der Waals surface area contributed by atoms with E-state index in [9.17, 15) is 0 Å². The van der Waals surface area contributed by atoms with E-state index < -0.39 is 0 Å². The maximum absolute atomic E-state index is 5.45. The number of hydrogen-bond donors (Lipinski definition) is 0. The topological polar surface area (TPSA) is 9.23 Å². The Kier molecular flexibility index (Phi) is 4.01. The molecule has 0 N–H and O–H groups in total. The van der Waals surface area contributed by atoms with Gasteiger partial charge in [-0.2, -0.15) is 0 Å². The first-order chi connectivity index (χ1) is 5.74. The van der Waals surface area contributed by atoms with Crippen LogP contribution in [-0.4, -0.2) is 6.61 Å². The maximum Gasteiger partial charge on any atom is 0.133 e. The molecular formula is C10H13IO. The van der Waals surface area contributed by atoms with Crippen molar-refractivity contribution in [2.75, 3.05) is 6.61 Å². The molecule has 0 heterocycles. The highest BCUT2D eigenvalue weighted by Crippen LogP contribution is 2.24. The third-order valence-electron chi connectivity index (χ3n) is 1.65. The standard InChI is InChI=1S/C10H13IO/c1-3-12-10(11)9-6-4-8(2)5-7-9/h4-7,10H,3H2,1-2H3. The fourth-order valence-corrected chi connectivity index (χ4v) is 1.74. The van der Waals surface area contributed by atoms with Gasteiger partial charge in [0.15, 0.2) is 0 Å². The first kappa shape index (κ1) is 9.99. The van der Waals surface area contributed by atoms with Gasteiger partial charge in [-0.05, 0) is 42.0 Å². The van der Waals surface area contributed by atoms with Gasteiger partial charge in [0, 0.05) is 6.61 Å². The number of rotatable bonds is 3. The van der Waals surface area contributed by atoms with Crippen LogP contribution in [0.4, 0.5) is 0 Å². The van der Waals surface area contributed by atoms with E-state index in [2.05, 4.69) is 53.8 Å². The second-order valence-corrected chi connectivity index (χ2v) is 3.81. The highest BCUT2D eigenvalue weighted by molar-refractivity contribution is 14.1. The second-order valence-electron chi connectivity index (χ2n) is 2.68. The van der Waals surface area contributed by atoms with Crippen molar-refractivity contribution in [2.24, 2.45) is 0 Å². The van der Waals surface area contributed by atoms with Gasteiger partial charge in [-0.3, -0.25) is 0 Å². The SMILES string of the molecule is CCOC(I)c1ccc(C)cc1. The lowest BCUT2D eigenvalue weighted by Crippen LogP contribution is -1.95. The van der Waals surface area contributed by atoms with Crippen molar-refractivity contribution in [3.05, 3.63) is 35.4 Å². The minimum Gasteiger partial charge on any atom is -0.363 e. The fraction of sp³-hybridized carbons (Fsp3) is 0.400. The van der Waals surface area contributed by atoms with E-state index >= 15 is 0 Å². The number of halogens is 1. The minimum atomic E-state index is 0.188. The Morgan fingerprint density at radius 3 is 2.42 bits per heavy atom. The van der Waals surface area contributed by atoms with Gasteiger partial charge in [-0.1, -0.05) is 29.8 Å². The summed E-state index contributed by atoms with van der Waals surface area (Å²) in [7, 11) is 0. The lowest BCUT2D eigenvalue weighted by atomic mass is 10.2. The second kappa shape index (κ2) is 4.82. The van der Waals surface area contributed by atoms with Crippen LogP contribution in [0, 0.1) is 6.92 Å². The third kappa shape index (κ3) is 2.75. The smallest absolute Gasteiger partial charge is 0.133 e. The van der Waals surface area contributed by atoms with Crippen LogP contribution in [0.5, 0.6) is 0 Å². The van der Waals surface area contributed by atoms with Gasteiger partial charge >= 0.3 is 0 Å². The summed E-state index contributed by atoms with van der Waals surface area (Å²) in [6, 6.07) is 8.45. The van der Waals surface area contributed by atoms with E-state index in [1.807, 2.05) is 6.92 Å². The summed E-state index contributed by atoms with van der Waals surface area (Å²) in [6.45, 7) is 4.87. The molecule has 0 amide bonds. The van der Waals surface area contributed by atoms with Crippen LogP contribution < -0.4 is 0 Å². The Balaban J connectivity index is 2.68. The quantitative estimate of drug-likeness (QED) is 0.606. The van der Waals surface area contributed by atoms with Gasteiger partial charge in [-0.15, -0.1) is 0 Å². The molecule has 0 saturated heterocycles. The van der Waals surface area contributed by atoms with Crippen LogP contribution in [0.15, 0.2) is 24.3 Å². The molecule has 0 aliphatic carbocycles. The molecule has 2 heteroatoms. The summed E-state index contributed by atoms with van der Waals surface area (Å²) in [6.07, 6.45) is 0. The van der Waals surface area contributed by atoms with Crippen LogP contribution in [0.3, 0.4) is 0 Å². The molecule has 1 nitrogen and oxygen atoms in total. The lowest BCUT2D eigenvalue weighted by Gasteiger charge is -2.09. The highest BCUT2D eigenvalue weighted by atomic mass is 127. The molecule has 0 aliphatic heterocycles. The monoisotopic (exact) mass is 276 g/mol. The summed E-state index contributed by atoms with van der Waals surface area (Å²) in [5, 5.41) is 0.